The van der Waals surface area contributed by atoms with E-state index in [0.717, 1.165) is 11.3 Å². The van der Waals surface area contributed by atoms with Crippen LogP contribution < -0.4 is 4.74 Å². The SMILES string of the molecule is COc1ccc(CC(O)COC(C)C)cc1. The maximum Gasteiger partial charge on any atom is 0.118 e. The molecule has 1 atom stereocenters. The van der Waals surface area contributed by atoms with Crippen LogP contribution in [0.1, 0.15) is 19.4 Å². The zero-order valence-electron chi connectivity index (χ0n) is 10.1. The number of hydrogen-bond acceptors (Lipinski definition) is 3. The van der Waals surface area contributed by atoms with Gasteiger partial charge in [-0.05, 0) is 31.5 Å². The highest BCUT2D eigenvalue weighted by Crippen LogP contribution is 2.12. The molecule has 0 spiro atoms. The molecule has 3 nitrogen and oxygen atoms in total. The van der Waals surface area contributed by atoms with Crippen molar-refractivity contribution in [1.29, 1.82) is 0 Å². The summed E-state index contributed by atoms with van der Waals surface area (Å²) in [6, 6.07) is 7.70. The van der Waals surface area contributed by atoms with E-state index in [4.69, 9.17) is 9.47 Å². The average molecular weight is 224 g/mol. The van der Waals surface area contributed by atoms with Crippen molar-refractivity contribution in [3.8, 4) is 5.75 Å². The first kappa shape index (κ1) is 13.0. The number of rotatable bonds is 6. The Bertz CT molecular complexity index is 293. The first-order valence-electron chi connectivity index (χ1n) is 5.54. The van der Waals surface area contributed by atoms with E-state index in [0.29, 0.717) is 13.0 Å². The van der Waals surface area contributed by atoms with Crippen LogP contribution in [0.15, 0.2) is 24.3 Å². The van der Waals surface area contributed by atoms with Gasteiger partial charge in [0.25, 0.3) is 0 Å². The Labute approximate surface area is 97.0 Å². The molecule has 0 saturated carbocycles. The van der Waals surface area contributed by atoms with E-state index < -0.39 is 6.10 Å². The van der Waals surface area contributed by atoms with Crippen LogP contribution in [0.5, 0.6) is 5.75 Å². The van der Waals surface area contributed by atoms with Crippen LogP contribution in [0.3, 0.4) is 0 Å². The Hall–Kier alpha value is -1.06. The largest absolute Gasteiger partial charge is 0.497 e. The summed E-state index contributed by atoms with van der Waals surface area (Å²) in [5.41, 5.74) is 1.08. The lowest BCUT2D eigenvalue weighted by Gasteiger charge is -2.13. The molecule has 0 bridgehead atoms. The van der Waals surface area contributed by atoms with E-state index in [9.17, 15) is 5.11 Å². The van der Waals surface area contributed by atoms with Crippen LogP contribution in [0.4, 0.5) is 0 Å². The van der Waals surface area contributed by atoms with Crippen LogP contribution in [0.25, 0.3) is 0 Å². The molecule has 90 valence electrons. The van der Waals surface area contributed by atoms with E-state index in [2.05, 4.69) is 0 Å². The van der Waals surface area contributed by atoms with Crippen LogP contribution in [0.2, 0.25) is 0 Å². The monoisotopic (exact) mass is 224 g/mol. The third kappa shape index (κ3) is 4.64. The lowest BCUT2D eigenvalue weighted by Crippen LogP contribution is -2.20. The summed E-state index contributed by atoms with van der Waals surface area (Å²) in [7, 11) is 1.64. The molecule has 1 unspecified atom stereocenters. The summed E-state index contributed by atoms with van der Waals surface area (Å²) in [6.07, 6.45) is 0.317. The predicted octanol–water partition coefficient (Wildman–Crippen LogP) is 2.02. The minimum Gasteiger partial charge on any atom is -0.497 e. The maximum atomic E-state index is 9.72. The Morgan fingerprint density at radius 1 is 1.19 bits per heavy atom. The fourth-order valence-electron chi connectivity index (χ4n) is 1.40. The highest BCUT2D eigenvalue weighted by molar-refractivity contribution is 5.27. The molecule has 3 heteroatoms. The van der Waals surface area contributed by atoms with Crippen molar-refractivity contribution in [1.82, 2.24) is 0 Å². The molecule has 0 fully saturated rings. The molecular formula is C13H20O3. The van der Waals surface area contributed by atoms with E-state index >= 15 is 0 Å². The van der Waals surface area contributed by atoms with Gasteiger partial charge in [0.15, 0.2) is 0 Å². The summed E-state index contributed by atoms with van der Waals surface area (Å²) in [5, 5.41) is 9.72. The summed E-state index contributed by atoms with van der Waals surface area (Å²) < 4.78 is 10.4. The molecule has 1 aromatic carbocycles. The van der Waals surface area contributed by atoms with E-state index in [1.807, 2.05) is 38.1 Å². The van der Waals surface area contributed by atoms with Crippen LogP contribution in [-0.4, -0.2) is 31.0 Å². The molecule has 0 heterocycles. The van der Waals surface area contributed by atoms with Gasteiger partial charge in [0, 0.05) is 6.42 Å². The van der Waals surface area contributed by atoms with E-state index in [1.165, 1.54) is 0 Å². The van der Waals surface area contributed by atoms with Crippen LogP contribution >= 0.6 is 0 Å². The zero-order chi connectivity index (χ0) is 12.0. The Morgan fingerprint density at radius 3 is 2.31 bits per heavy atom. The molecule has 0 radical (unpaired) electrons. The molecule has 0 aliphatic rings. The fourth-order valence-corrected chi connectivity index (χ4v) is 1.40. The van der Waals surface area contributed by atoms with E-state index in [1.54, 1.807) is 7.11 Å². The standard InChI is InChI=1S/C13H20O3/c1-10(2)16-9-12(14)8-11-4-6-13(15-3)7-5-11/h4-7,10,12,14H,8-9H2,1-3H3. The smallest absolute Gasteiger partial charge is 0.118 e. The second-order valence-corrected chi connectivity index (χ2v) is 4.09. The lowest BCUT2D eigenvalue weighted by molar-refractivity contribution is 0.00621. The normalized spacial score (nSPS) is 12.8. The second-order valence-electron chi connectivity index (χ2n) is 4.09. The fraction of sp³-hybridized carbons (Fsp3) is 0.538. The summed E-state index contributed by atoms with van der Waals surface area (Å²) in [5.74, 6) is 0.830. The van der Waals surface area contributed by atoms with Gasteiger partial charge in [0.1, 0.15) is 5.75 Å². The van der Waals surface area contributed by atoms with Crippen molar-refractivity contribution in [2.45, 2.75) is 32.5 Å². The van der Waals surface area contributed by atoms with Gasteiger partial charge in [-0.1, -0.05) is 12.1 Å². The first-order valence-corrected chi connectivity index (χ1v) is 5.54. The highest BCUT2D eigenvalue weighted by Gasteiger charge is 2.07. The van der Waals surface area contributed by atoms with Gasteiger partial charge in [-0.25, -0.2) is 0 Å². The molecule has 1 aromatic rings. The Morgan fingerprint density at radius 2 is 1.81 bits per heavy atom. The zero-order valence-corrected chi connectivity index (χ0v) is 10.1. The maximum absolute atomic E-state index is 9.72. The van der Waals surface area contributed by atoms with Gasteiger partial charge < -0.3 is 14.6 Å². The predicted molar refractivity (Wildman–Crippen MR) is 63.8 cm³/mol. The van der Waals surface area contributed by atoms with Crippen molar-refractivity contribution in [3.63, 3.8) is 0 Å². The van der Waals surface area contributed by atoms with Crippen molar-refractivity contribution in [2.24, 2.45) is 0 Å². The van der Waals surface area contributed by atoms with Gasteiger partial charge in [-0.2, -0.15) is 0 Å². The number of aliphatic hydroxyl groups is 1. The molecule has 0 saturated heterocycles. The number of aliphatic hydroxyl groups excluding tert-OH is 1. The molecule has 0 amide bonds. The third-order valence-corrected chi connectivity index (χ3v) is 2.25. The van der Waals surface area contributed by atoms with Gasteiger partial charge in [0.05, 0.1) is 25.9 Å². The number of benzene rings is 1. The minimum atomic E-state index is -0.448. The first-order chi connectivity index (χ1) is 7.61. The van der Waals surface area contributed by atoms with Crippen molar-refractivity contribution < 1.29 is 14.6 Å². The molecule has 0 aromatic heterocycles. The molecule has 1 N–H and O–H groups in total. The van der Waals surface area contributed by atoms with Crippen LogP contribution in [0, 0.1) is 0 Å². The number of hydrogen-bond donors (Lipinski definition) is 1. The average Bonchev–Trinajstić information content (AvgIpc) is 2.27. The topological polar surface area (TPSA) is 38.7 Å². The lowest BCUT2D eigenvalue weighted by atomic mass is 10.1. The second kappa shape index (κ2) is 6.51. The molecule has 0 aliphatic carbocycles. The number of methoxy groups -OCH3 is 1. The quantitative estimate of drug-likeness (QED) is 0.803. The van der Waals surface area contributed by atoms with Gasteiger partial charge in [-0.3, -0.25) is 0 Å². The van der Waals surface area contributed by atoms with Gasteiger partial charge >= 0.3 is 0 Å². The Balaban J connectivity index is 2.40. The number of ether oxygens (including phenoxy) is 2. The van der Waals surface area contributed by atoms with E-state index in [-0.39, 0.29) is 6.10 Å². The summed E-state index contributed by atoms with van der Waals surface area (Å²) in [6.45, 7) is 4.30. The van der Waals surface area contributed by atoms with Gasteiger partial charge in [-0.15, -0.1) is 0 Å². The highest BCUT2D eigenvalue weighted by atomic mass is 16.5. The van der Waals surface area contributed by atoms with Crippen molar-refractivity contribution in [3.05, 3.63) is 29.8 Å². The summed E-state index contributed by atoms with van der Waals surface area (Å²) in [4.78, 5) is 0. The van der Waals surface area contributed by atoms with Crippen molar-refractivity contribution >= 4 is 0 Å². The Kier molecular flexibility index (Phi) is 5.29. The summed E-state index contributed by atoms with van der Waals surface area (Å²) >= 11 is 0. The van der Waals surface area contributed by atoms with Gasteiger partial charge in [0.2, 0.25) is 0 Å². The molecule has 16 heavy (non-hydrogen) atoms. The van der Waals surface area contributed by atoms with Crippen molar-refractivity contribution in [2.75, 3.05) is 13.7 Å². The molecule has 1 rings (SSSR count). The molecule has 0 aliphatic heterocycles. The minimum absolute atomic E-state index is 0.158. The third-order valence-electron chi connectivity index (χ3n) is 2.25. The van der Waals surface area contributed by atoms with Crippen LogP contribution in [-0.2, 0) is 11.2 Å². The molecular weight excluding hydrogens is 204 g/mol.